The van der Waals surface area contributed by atoms with E-state index in [9.17, 15) is 13.5 Å². The van der Waals surface area contributed by atoms with Crippen molar-refractivity contribution in [3.8, 4) is 11.5 Å². The van der Waals surface area contributed by atoms with E-state index in [1.54, 1.807) is 6.08 Å². The zero-order valence-electron chi connectivity index (χ0n) is 18.1. The lowest BCUT2D eigenvalue weighted by molar-refractivity contribution is 0.313. The lowest BCUT2D eigenvalue weighted by Gasteiger charge is -2.32. The van der Waals surface area contributed by atoms with Gasteiger partial charge in [-0.2, -0.15) is 0 Å². The highest BCUT2D eigenvalue weighted by molar-refractivity contribution is 7.91. The topological polar surface area (TPSA) is 75.6 Å². The second kappa shape index (κ2) is 11.8. The lowest BCUT2D eigenvalue weighted by Crippen LogP contribution is -2.48. The summed E-state index contributed by atoms with van der Waals surface area (Å²) in [6, 6.07) is 2.93. The van der Waals surface area contributed by atoms with Gasteiger partial charge in [-0.1, -0.05) is 63.6 Å². The van der Waals surface area contributed by atoms with Crippen LogP contribution >= 0.6 is 0 Å². The molecule has 1 atom stereocenters. The summed E-state index contributed by atoms with van der Waals surface area (Å²) in [5, 5.41) is 13.3. The van der Waals surface area contributed by atoms with Crippen LogP contribution in [-0.4, -0.2) is 31.9 Å². The molecule has 162 valence electrons. The van der Waals surface area contributed by atoms with Crippen molar-refractivity contribution in [2.24, 2.45) is 0 Å². The molecular formula is C23H35NO4S. The number of nitrogens with one attached hydrogen (secondary N) is 1. The Morgan fingerprint density at radius 2 is 2.00 bits per heavy atom. The number of unbranched alkanes of at least 4 members (excludes halogenated alkanes) is 1. The molecule has 0 saturated carbocycles. The van der Waals surface area contributed by atoms with E-state index in [4.69, 9.17) is 4.74 Å². The highest BCUT2D eigenvalue weighted by Gasteiger charge is 2.38. The molecule has 6 heteroatoms. The molecule has 0 fully saturated rings. The van der Waals surface area contributed by atoms with Crippen LogP contribution in [0.1, 0.15) is 52.0 Å². The zero-order valence-corrected chi connectivity index (χ0v) is 18.9. The van der Waals surface area contributed by atoms with E-state index in [0.717, 1.165) is 25.7 Å². The van der Waals surface area contributed by atoms with E-state index >= 15 is 0 Å². The van der Waals surface area contributed by atoms with Crippen LogP contribution in [0, 0.1) is 0 Å². The first-order chi connectivity index (χ1) is 13.8. The highest BCUT2D eigenvalue weighted by atomic mass is 32.2. The van der Waals surface area contributed by atoms with Crippen LogP contribution < -0.4 is 10.1 Å². The molecule has 1 heterocycles. The fraction of sp³-hybridized carbons (Fsp3) is 0.478. The molecule has 0 aromatic heterocycles. The van der Waals surface area contributed by atoms with Crippen molar-refractivity contribution in [1.82, 2.24) is 5.32 Å². The Bertz CT molecular complexity index is 828. The fourth-order valence-electron chi connectivity index (χ4n) is 3.29. The minimum Gasteiger partial charge on any atom is -0.504 e. The van der Waals surface area contributed by atoms with Crippen LogP contribution in [0.25, 0.3) is 0 Å². The van der Waals surface area contributed by atoms with E-state index in [-0.39, 0.29) is 22.1 Å². The minimum atomic E-state index is -3.43. The normalized spacial score (nSPS) is 20.6. The number of hydrogen-bond donors (Lipinski definition) is 2. The monoisotopic (exact) mass is 421 g/mol. The van der Waals surface area contributed by atoms with Crippen molar-refractivity contribution in [3.05, 3.63) is 54.7 Å². The molecule has 0 unspecified atom stereocenters. The third-order valence-electron chi connectivity index (χ3n) is 5.05. The summed E-state index contributed by atoms with van der Waals surface area (Å²) in [6.07, 6.45) is 13.1. The third kappa shape index (κ3) is 7.05. The molecule has 5 nitrogen and oxygen atoms in total. The molecule has 0 amide bonds. The summed E-state index contributed by atoms with van der Waals surface area (Å²) < 4.78 is 30.7. The number of sulfone groups is 1. The van der Waals surface area contributed by atoms with Crippen molar-refractivity contribution >= 4 is 9.84 Å². The van der Waals surface area contributed by atoms with Crippen LogP contribution in [0.4, 0.5) is 0 Å². The summed E-state index contributed by atoms with van der Waals surface area (Å²) in [5.41, 5.74) is 0.196. The van der Waals surface area contributed by atoms with E-state index in [1.165, 1.54) is 19.2 Å². The van der Waals surface area contributed by atoms with Crippen molar-refractivity contribution in [2.45, 2.75) is 63.4 Å². The minimum absolute atomic E-state index is 0.0317. The number of rotatable bonds is 7. The van der Waals surface area contributed by atoms with Gasteiger partial charge < -0.3 is 15.2 Å². The number of methoxy groups -OCH3 is 1. The first-order valence-corrected chi connectivity index (χ1v) is 11.7. The molecule has 0 spiro atoms. The first-order valence-electron chi connectivity index (χ1n) is 10.1. The second-order valence-electron chi connectivity index (χ2n) is 7.13. The zero-order chi connectivity index (χ0) is 21.9. The van der Waals surface area contributed by atoms with Gasteiger partial charge in [-0.3, -0.25) is 0 Å². The average Bonchev–Trinajstić information content (AvgIpc) is 2.81. The molecule has 1 aliphatic heterocycles. The molecule has 1 aliphatic rings. The molecule has 29 heavy (non-hydrogen) atoms. The highest BCUT2D eigenvalue weighted by Crippen LogP contribution is 2.36. The Kier molecular flexibility index (Phi) is 10.2. The predicted molar refractivity (Wildman–Crippen MR) is 120 cm³/mol. The molecule has 0 aliphatic carbocycles. The van der Waals surface area contributed by atoms with Gasteiger partial charge >= 0.3 is 0 Å². The molecule has 2 N–H and O–H groups in total. The molecule has 0 bridgehead atoms. The number of fused-ring (bicyclic) bond motifs is 1. The molecule has 0 radical (unpaired) electrons. The quantitative estimate of drug-likeness (QED) is 0.611. The fourth-order valence-corrected chi connectivity index (χ4v) is 5.44. The standard InChI is InChI=1S/C16H25NO4S.C7H10/c1-4-6-7-16(5-2)11-22(19,20)15-9-14(21-3)13(18)8-12(15)10-17-16;1-3-5-7-6-4-2/h8-9,17-18H,4-7,10-11H2,1-3H3;3-7H,1H2,2H3/b;6-4-,7-5-/t16-;/m1./s1. The van der Waals surface area contributed by atoms with Crippen LogP contribution in [0.5, 0.6) is 11.5 Å². The van der Waals surface area contributed by atoms with E-state index in [2.05, 4.69) is 18.8 Å². The summed E-state index contributed by atoms with van der Waals surface area (Å²) in [7, 11) is -2.01. The van der Waals surface area contributed by atoms with Crippen molar-refractivity contribution in [2.75, 3.05) is 12.9 Å². The van der Waals surface area contributed by atoms with Gasteiger partial charge in [-0.15, -0.1) is 0 Å². The smallest absolute Gasteiger partial charge is 0.180 e. The third-order valence-corrected chi connectivity index (χ3v) is 7.04. The van der Waals surface area contributed by atoms with Gasteiger partial charge in [0.25, 0.3) is 0 Å². The Labute approximate surface area is 176 Å². The first kappa shape index (κ1) is 25.0. The van der Waals surface area contributed by atoms with E-state index in [1.807, 2.05) is 38.2 Å². The largest absolute Gasteiger partial charge is 0.504 e. The predicted octanol–water partition coefficient (Wildman–Crippen LogP) is 4.92. The lowest BCUT2D eigenvalue weighted by atomic mass is 9.91. The SMILES string of the molecule is C=C/C=C\C=C/C.CCCC[C@]1(CC)CS(=O)(=O)c2cc(OC)c(O)cc2CN1. The molecule has 1 aromatic rings. The van der Waals surface area contributed by atoms with Gasteiger partial charge in [0, 0.05) is 18.2 Å². The van der Waals surface area contributed by atoms with Gasteiger partial charge in [0.15, 0.2) is 21.3 Å². The molecule has 1 aromatic carbocycles. The number of benzene rings is 1. The number of ether oxygens (including phenoxy) is 1. The number of aromatic hydroxyl groups is 1. The van der Waals surface area contributed by atoms with E-state index in [0.29, 0.717) is 12.1 Å². The van der Waals surface area contributed by atoms with Crippen molar-refractivity contribution in [3.63, 3.8) is 0 Å². The average molecular weight is 422 g/mol. The van der Waals surface area contributed by atoms with Gasteiger partial charge in [0.1, 0.15) is 0 Å². The second-order valence-corrected chi connectivity index (χ2v) is 9.09. The molecule has 0 saturated heterocycles. The maximum absolute atomic E-state index is 12.8. The Morgan fingerprint density at radius 1 is 1.28 bits per heavy atom. The molecule has 2 rings (SSSR count). The van der Waals surface area contributed by atoms with E-state index < -0.39 is 15.4 Å². The van der Waals surface area contributed by atoms with Crippen molar-refractivity contribution < 1.29 is 18.3 Å². The Morgan fingerprint density at radius 3 is 2.55 bits per heavy atom. The van der Waals surface area contributed by atoms with Crippen LogP contribution in [-0.2, 0) is 16.4 Å². The number of phenols is 1. The van der Waals surface area contributed by atoms with Crippen LogP contribution in [0.15, 0.2) is 54.0 Å². The molecular weight excluding hydrogens is 386 g/mol. The summed E-state index contributed by atoms with van der Waals surface area (Å²) in [4.78, 5) is 0.265. The maximum atomic E-state index is 12.8. The van der Waals surface area contributed by atoms with Crippen molar-refractivity contribution in [1.29, 1.82) is 0 Å². The number of allylic oxidation sites excluding steroid dienone is 5. The van der Waals surface area contributed by atoms with Gasteiger partial charge in [0.05, 0.1) is 17.8 Å². The Hall–Kier alpha value is -2.05. The van der Waals surface area contributed by atoms with Gasteiger partial charge in [0.2, 0.25) is 0 Å². The number of phenolic OH excluding ortho intramolecular Hbond substituents is 1. The van der Waals surface area contributed by atoms with Crippen LogP contribution in [0.2, 0.25) is 0 Å². The van der Waals surface area contributed by atoms with Gasteiger partial charge in [-0.25, -0.2) is 8.42 Å². The summed E-state index contributed by atoms with van der Waals surface area (Å²) >= 11 is 0. The maximum Gasteiger partial charge on any atom is 0.180 e. The van der Waals surface area contributed by atoms with Gasteiger partial charge in [-0.05, 0) is 31.4 Å². The number of hydrogen-bond acceptors (Lipinski definition) is 5. The summed E-state index contributed by atoms with van der Waals surface area (Å²) in [5.74, 6) is 0.243. The Balaban J connectivity index is 0.000000516. The summed E-state index contributed by atoms with van der Waals surface area (Å²) in [6.45, 7) is 10.0. The van der Waals surface area contributed by atoms with Crippen LogP contribution in [0.3, 0.4) is 0 Å².